The first-order valence-electron chi connectivity index (χ1n) is 5.89. The first kappa shape index (κ1) is 15.2. The maximum Gasteiger partial charge on any atom is 0.147 e. The molecule has 0 atom stereocenters. The van der Waals surface area contributed by atoms with E-state index in [4.69, 9.17) is 0 Å². The van der Waals surface area contributed by atoms with Crippen LogP contribution in [0.1, 0.15) is 5.56 Å². The van der Waals surface area contributed by atoms with E-state index in [1.165, 1.54) is 17.8 Å². The minimum Gasteiger partial charge on any atom is -0.298 e. The first-order chi connectivity index (χ1) is 9.56. The lowest BCUT2D eigenvalue weighted by molar-refractivity contribution is -0.116. The third kappa shape index (κ3) is 4.15. The standard InChI is InChI=1S/C15H11BrF2OS/c16-13-3-1-2-4-15(13)20-9-12(19)7-10-5-6-11(17)8-14(10)18/h1-6,8H,7,9H2. The minimum atomic E-state index is -0.677. The van der Waals surface area contributed by atoms with E-state index in [1.54, 1.807) is 0 Å². The number of Topliss-reactive ketones (excluding diaryl/α,β-unsaturated/α-hetero) is 1. The van der Waals surface area contributed by atoms with Crippen molar-refractivity contribution in [2.24, 2.45) is 0 Å². The zero-order chi connectivity index (χ0) is 14.5. The highest BCUT2D eigenvalue weighted by molar-refractivity contribution is 9.10. The van der Waals surface area contributed by atoms with E-state index in [9.17, 15) is 13.6 Å². The van der Waals surface area contributed by atoms with Gasteiger partial charge in [0.05, 0.1) is 5.75 Å². The van der Waals surface area contributed by atoms with Crippen molar-refractivity contribution in [3.63, 3.8) is 0 Å². The van der Waals surface area contributed by atoms with Gasteiger partial charge in [0.1, 0.15) is 17.4 Å². The van der Waals surface area contributed by atoms with Crippen LogP contribution in [0, 0.1) is 11.6 Å². The summed E-state index contributed by atoms with van der Waals surface area (Å²) in [6.07, 6.45) is -0.0242. The zero-order valence-corrected chi connectivity index (χ0v) is 12.8. The average molecular weight is 357 g/mol. The predicted molar refractivity (Wildman–Crippen MR) is 79.9 cm³/mol. The molecule has 2 aromatic rings. The van der Waals surface area contributed by atoms with Crippen LogP contribution in [0.5, 0.6) is 0 Å². The van der Waals surface area contributed by atoms with Gasteiger partial charge in [-0.1, -0.05) is 18.2 Å². The second-order valence-electron chi connectivity index (χ2n) is 4.17. The van der Waals surface area contributed by atoms with Gasteiger partial charge in [0.15, 0.2) is 0 Å². The van der Waals surface area contributed by atoms with Crippen LogP contribution in [0.3, 0.4) is 0 Å². The molecule has 20 heavy (non-hydrogen) atoms. The number of carbonyl (C=O) groups is 1. The van der Waals surface area contributed by atoms with Gasteiger partial charge >= 0.3 is 0 Å². The topological polar surface area (TPSA) is 17.1 Å². The maximum atomic E-state index is 13.4. The van der Waals surface area contributed by atoms with E-state index in [0.29, 0.717) is 0 Å². The van der Waals surface area contributed by atoms with Crippen molar-refractivity contribution in [1.82, 2.24) is 0 Å². The summed E-state index contributed by atoms with van der Waals surface area (Å²) in [4.78, 5) is 12.8. The number of rotatable bonds is 5. The van der Waals surface area contributed by atoms with Crippen LogP contribution in [0.25, 0.3) is 0 Å². The number of carbonyl (C=O) groups excluding carboxylic acids is 1. The Bertz CT molecular complexity index is 631. The fourth-order valence-electron chi connectivity index (χ4n) is 1.65. The molecule has 0 fully saturated rings. The highest BCUT2D eigenvalue weighted by Crippen LogP contribution is 2.27. The number of ketones is 1. The van der Waals surface area contributed by atoms with Gasteiger partial charge in [-0.25, -0.2) is 8.78 Å². The highest BCUT2D eigenvalue weighted by atomic mass is 79.9. The Morgan fingerprint density at radius 3 is 2.60 bits per heavy atom. The molecule has 0 radical (unpaired) electrons. The van der Waals surface area contributed by atoms with E-state index < -0.39 is 11.6 Å². The van der Waals surface area contributed by atoms with E-state index in [2.05, 4.69) is 15.9 Å². The molecule has 0 saturated heterocycles. The van der Waals surface area contributed by atoms with Crippen LogP contribution >= 0.6 is 27.7 Å². The van der Waals surface area contributed by atoms with Crippen molar-refractivity contribution in [2.45, 2.75) is 11.3 Å². The summed E-state index contributed by atoms with van der Waals surface area (Å²) < 4.78 is 27.1. The third-order valence-electron chi connectivity index (χ3n) is 2.63. The Balaban J connectivity index is 1.94. The SMILES string of the molecule is O=C(CSc1ccccc1Br)Cc1ccc(F)cc1F. The number of hydrogen-bond donors (Lipinski definition) is 0. The van der Waals surface area contributed by atoms with Gasteiger partial charge in [0, 0.05) is 21.9 Å². The molecule has 0 aliphatic carbocycles. The van der Waals surface area contributed by atoms with E-state index >= 15 is 0 Å². The lowest BCUT2D eigenvalue weighted by Gasteiger charge is -2.05. The Labute approximate surface area is 128 Å². The predicted octanol–water partition coefficient (Wildman–Crippen LogP) is 4.63. The summed E-state index contributed by atoms with van der Waals surface area (Å²) >= 11 is 4.79. The highest BCUT2D eigenvalue weighted by Gasteiger charge is 2.10. The van der Waals surface area contributed by atoms with Crippen LogP contribution in [-0.4, -0.2) is 11.5 Å². The zero-order valence-electron chi connectivity index (χ0n) is 10.4. The second-order valence-corrected chi connectivity index (χ2v) is 6.04. The summed E-state index contributed by atoms with van der Waals surface area (Å²) in [7, 11) is 0. The summed E-state index contributed by atoms with van der Waals surface area (Å²) in [5, 5.41) is 0. The Morgan fingerprint density at radius 2 is 1.90 bits per heavy atom. The van der Waals surface area contributed by atoms with Gasteiger partial charge < -0.3 is 0 Å². The number of thioether (sulfide) groups is 1. The van der Waals surface area contributed by atoms with Crippen molar-refractivity contribution >= 4 is 33.5 Å². The summed E-state index contributed by atoms with van der Waals surface area (Å²) in [6, 6.07) is 10.8. The first-order valence-corrected chi connectivity index (χ1v) is 7.67. The van der Waals surface area contributed by atoms with Crippen molar-refractivity contribution in [1.29, 1.82) is 0 Å². The lowest BCUT2D eigenvalue weighted by Crippen LogP contribution is -2.07. The molecule has 0 spiro atoms. The molecular weight excluding hydrogens is 346 g/mol. The van der Waals surface area contributed by atoms with E-state index in [1.807, 2.05) is 24.3 Å². The van der Waals surface area contributed by atoms with Gasteiger partial charge in [0.25, 0.3) is 0 Å². The van der Waals surface area contributed by atoms with Gasteiger partial charge in [-0.05, 0) is 39.7 Å². The third-order valence-corrected chi connectivity index (χ3v) is 4.72. The normalized spacial score (nSPS) is 10.6. The molecule has 0 aliphatic rings. The average Bonchev–Trinajstić information content (AvgIpc) is 2.41. The molecule has 2 aromatic carbocycles. The molecule has 0 aromatic heterocycles. The van der Waals surface area contributed by atoms with E-state index in [-0.39, 0.29) is 23.5 Å². The minimum absolute atomic E-state index is 0.0242. The smallest absolute Gasteiger partial charge is 0.147 e. The van der Waals surface area contributed by atoms with Gasteiger partial charge in [-0.3, -0.25) is 4.79 Å². The number of halogens is 3. The molecule has 0 bridgehead atoms. The molecule has 5 heteroatoms. The van der Waals surface area contributed by atoms with Crippen molar-refractivity contribution in [2.75, 3.05) is 5.75 Å². The molecule has 0 heterocycles. The number of benzene rings is 2. The Kier molecular flexibility index (Phi) is 5.31. The molecule has 0 saturated carbocycles. The molecular formula is C15H11BrF2OS. The van der Waals surface area contributed by atoms with Crippen molar-refractivity contribution < 1.29 is 13.6 Å². The number of hydrogen-bond acceptors (Lipinski definition) is 2. The van der Waals surface area contributed by atoms with Crippen LogP contribution in [-0.2, 0) is 11.2 Å². The van der Waals surface area contributed by atoms with Crippen LogP contribution < -0.4 is 0 Å². The van der Waals surface area contributed by atoms with E-state index in [0.717, 1.165) is 21.5 Å². The fraction of sp³-hybridized carbons (Fsp3) is 0.133. The summed E-state index contributed by atoms with van der Waals surface area (Å²) in [5.74, 6) is -1.17. The molecule has 0 unspecified atom stereocenters. The lowest BCUT2D eigenvalue weighted by atomic mass is 10.1. The molecule has 0 N–H and O–H groups in total. The van der Waals surface area contributed by atoms with Crippen LogP contribution in [0.15, 0.2) is 51.8 Å². The largest absolute Gasteiger partial charge is 0.298 e. The second kappa shape index (κ2) is 6.99. The summed E-state index contributed by atoms with van der Waals surface area (Å²) in [5.41, 5.74) is 0.226. The van der Waals surface area contributed by atoms with Crippen LogP contribution in [0.4, 0.5) is 8.78 Å². The molecule has 0 amide bonds. The van der Waals surface area contributed by atoms with Crippen molar-refractivity contribution in [3.8, 4) is 0 Å². The molecule has 104 valence electrons. The van der Waals surface area contributed by atoms with Gasteiger partial charge in [-0.2, -0.15) is 0 Å². The quantitative estimate of drug-likeness (QED) is 0.726. The monoisotopic (exact) mass is 356 g/mol. The molecule has 0 aliphatic heterocycles. The Hall–Kier alpha value is -1.20. The molecule has 2 rings (SSSR count). The maximum absolute atomic E-state index is 13.4. The van der Waals surface area contributed by atoms with Gasteiger partial charge in [-0.15, -0.1) is 11.8 Å². The van der Waals surface area contributed by atoms with Gasteiger partial charge in [0.2, 0.25) is 0 Å². The summed E-state index contributed by atoms with van der Waals surface area (Å²) in [6.45, 7) is 0. The fourth-order valence-corrected chi connectivity index (χ4v) is 3.08. The Morgan fingerprint density at radius 1 is 1.15 bits per heavy atom. The molecule has 1 nitrogen and oxygen atoms in total. The van der Waals surface area contributed by atoms with Crippen molar-refractivity contribution in [3.05, 3.63) is 64.1 Å². The van der Waals surface area contributed by atoms with Crippen LogP contribution in [0.2, 0.25) is 0 Å².